The smallest absolute Gasteiger partial charge is 0.306 e. The average molecular weight is 351 g/mol. The van der Waals surface area contributed by atoms with Crippen molar-refractivity contribution in [3.8, 4) is 0 Å². The van der Waals surface area contributed by atoms with E-state index in [1.54, 1.807) is 0 Å². The second-order valence-corrected chi connectivity index (χ2v) is 5.86. The van der Waals surface area contributed by atoms with E-state index in [0.29, 0.717) is 5.13 Å². The van der Waals surface area contributed by atoms with Crippen molar-refractivity contribution in [3.05, 3.63) is 39.6 Å². The minimum absolute atomic E-state index is 0.0458. The Kier molecular flexibility index (Phi) is 4.16. The van der Waals surface area contributed by atoms with Gasteiger partial charge in [0.25, 0.3) is 0 Å². The average Bonchev–Trinajstić information content (AvgIpc) is 3.17. The summed E-state index contributed by atoms with van der Waals surface area (Å²) >= 11 is 1.15. The lowest BCUT2D eigenvalue weighted by Gasteiger charge is -2.16. The largest absolute Gasteiger partial charge is 0.311 e. The van der Waals surface area contributed by atoms with E-state index in [1.165, 1.54) is 16.5 Å². The Morgan fingerprint density at radius 1 is 1.50 bits per heavy atom. The maximum Gasteiger partial charge on any atom is 0.306 e. The number of rotatable bonds is 4. The van der Waals surface area contributed by atoms with Crippen LogP contribution in [0.15, 0.2) is 23.7 Å². The van der Waals surface area contributed by atoms with Gasteiger partial charge in [0, 0.05) is 19.0 Å². The molecule has 2 heterocycles. The summed E-state index contributed by atoms with van der Waals surface area (Å²) in [4.78, 5) is 35.4. The number of nitrogens with zero attached hydrogens (tertiary/aromatic N) is 4. The molecule has 124 valence electrons. The molecule has 0 aliphatic carbocycles. The van der Waals surface area contributed by atoms with Gasteiger partial charge in [-0.3, -0.25) is 19.7 Å². The van der Waals surface area contributed by atoms with Crippen molar-refractivity contribution in [2.45, 2.75) is 6.42 Å². The molecule has 24 heavy (non-hydrogen) atoms. The number of halogens is 1. The fourth-order valence-corrected chi connectivity index (χ4v) is 2.82. The SMILES string of the molecule is O=C(Nc1nncs1)C1CC(=O)N(c2ccc(F)c([N+](=O)[O-])c2)C1. The van der Waals surface area contributed by atoms with Gasteiger partial charge in [-0.05, 0) is 12.1 Å². The lowest BCUT2D eigenvalue weighted by molar-refractivity contribution is -0.387. The van der Waals surface area contributed by atoms with Crippen molar-refractivity contribution in [3.63, 3.8) is 0 Å². The van der Waals surface area contributed by atoms with Gasteiger partial charge in [-0.15, -0.1) is 10.2 Å². The van der Waals surface area contributed by atoms with E-state index in [1.807, 2.05) is 0 Å². The highest BCUT2D eigenvalue weighted by Gasteiger charge is 2.36. The van der Waals surface area contributed by atoms with Crippen LogP contribution in [0, 0.1) is 21.8 Å². The standard InChI is InChI=1S/C13H10FN5O4S/c14-9-2-1-8(4-10(9)19(22)23)18-5-7(3-11(18)20)12(21)16-13-17-15-6-24-13/h1-2,4,6-7H,3,5H2,(H,16,17,21). The van der Waals surface area contributed by atoms with Crippen LogP contribution in [-0.2, 0) is 9.59 Å². The highest BCUT2D eigenvalue weighted by Crippen LogP contribution is 2.30. The number of amides is 2. The van der Waals surface area contributed by atoms with Gasteiger partial charge < -0.3 is 10.2 Å². The van der Waals surface area contributed by atoms with E-state index in [-0.39, 0.29) is 30.5 Å². The first-order valence-corrected chi connectivity index (χ1v) is 7.65. The first kappa shape index (κ1) is 15.9. The minimum Gasteiger partial charge on any atom is -0.311 e. The van der Waals surface area contributed by atoms with Gasteiger partial charge in [0.1, 0.15) is 5.51 Å². The summed E-state index contributed by atoms with van der Waals surface area (Å²) in [6, 6.07) is 3.18. The Hall–Kier alpha value is -2.95. The molecule has 0 bridgehead atoms. The summed E-state index contributed by atoms with van der Waals surface area (Å²) in [5.41, 5.74) is 0.917. The van der Waals surface area contributed by atoms with Crippen LogP contribution >= 0.6 is 11.3 Å². The zero-order valence-electron chi connectivity index (χ0n) is 12.0. The molecule has 9 nitrogen and oxygen atoms in total. The van der Waals surface area contributed by atoms with E-state index in [0.717, 1.165) is 23.5 Å². The second-order valence-electron chi connectivity index (χ2n) is 5.03. The van der Waals surface area contributed by atoms with Gasteiger partial charge in [-0.2, -0.15) is 4.39 Å². The summed E-state index contributed by atoms with van der Waals surface area (Å²) < 4.78 is 13.4. The van der Waals surface area contributed by atoms with E-state index in [4.69, 9.17) is 0 Å². The van der Waals surface area contributed by atoms with E-state index in [2.05, 4.69) is 15.5 Å². The zero-order valence-corrected chi connectivity index (χ0v) is 12.8. The first-order chi connectivity index (χ1) is 11.5. The number of nitro benzene ring substituents is 1. The fourth-order valence-electron chi connectivity index (χ4n) is 2.38. The number of nitro groups is 1. The maximum atomic E-state index is 13.4. The Morgan fingerprint density at radius 2 is 2.29 bits per heavy atom. The molecule has 1 unspecified atom stereocenters. The lowest BCUT2D eigenvalue weighted by atomic mass is 10.1. The topological polar surface area (TPSA) is 118 Å². The minimum atomic E-state index is -0.985. The van der Waals surface area contributed by atoms with Crippen molar-refractivity contribution >= 4 is 39.7 Å². The number of nitrogens with one attached hydrogen (secondary N) is 1. The Balaban J connectivity index is 1.76. The van der Waals surface area contributed by atoms with Crippen molar-refractivity contribution < 1.29 is 18.9 Å². The number of benzene rings is 1. The molecule has 1 aromatic carbocycles. The van der Waals surface area contributed by atoms with Crippen LogP contribution in [0.5, 0.6) is 0 Å². The molecule has 1 saturated heterocycles. The van der Waals surface area contributed by atoms with Gasteiger partial charge in [-0.1, -0.05) is 11.3 Å². The van der Waals surface area contributed by atoms with Crippen molar-refractivity contribution in [1.29, 1.82) is 0 Å². The molecule has 1 aliphatic heterocycles. The van der Waals surface area contributed by atoms with Crippen molar-refractivity contribution in [1.82, 2.24) is 10.2 Å². The van der Waals surface area contributed by atoms with Crippen LogP contribution in [0.25, 0.3) is 0 Å². The monoisotopic (exact) mass is 351 g/mol. The van der Waals surface area contributed by atoms with E-state index < -0.39 is 22.3 Å². The molecule has 2 aromatic rings. The number of hydrogen-bond acceptors (Lipinski definition) is 7. The molecule has 1 N–H and O–H groups in total. The van der Waals surface area contributed by atoms with Gasteiger partial charge in [0.2, 0.25) is 22.8 Å². The van der Waals surface area contributed by atoms with Crippen LogP contribution in [0.1, 0.15) is 6.42 Å². The number of carbonyl (C=O) groups excluding carboxylic acids is 2. The Bertz CT molecular complexity index is 813. The Labute approximate surface area is 138 Å². The third kappa shape index (κ3) is 3.06. The molecule has 11 heteroatoms. The number of carbonyl (C=O) groups is 2. The van der Waals surface area contributed by atoms with E-state index >= 15 is 0 Å². The third-order valence-corrected chi connectivity index (χ3v) is 4.13. The summed E-state index contributed by atoms with van der Waals surface area (Å²) in [6.07, 6.45) is -0.0458. The number of hydrogen-bond donors (Lipinski definition) is 1. The zero-order chi connectivity index (χ0) is 17.3. The summed E-state index contributed by atoms with van der Waals surface area (Å²) in [6.45, 7) is 0.0479. The highest BCUT2D eigenvalue weighted by atomic mass is 32.1. The summed E-state index contributed by atoms with van der Waals surface area (Å²) in [5.74, 6) is -2.38. The predicted molar refractivity (Wildman–Crippen MR) is 82.1 cm³/mol. The summed E-state index contributed by atoms with van der Waals surface area (Å²) in [5, 5.41) is 21.0. The van der Waals surface area contributed by atoms with Crippen LogP contribution in [0.2, 0.25) is 0 Å². The molecule has 1 aromatic heterocycles. The van der Waals surface area contributed by atoms with Crippen LogP contribution in [0.3, 0.4) is 0 Å². The molecule has 0 radical (unpaired) electrons. The second kappa shape index (κ2) is 6.28. The fraction of sp³-hybridized carbons (Fsp3) is 0.231. The number of anilines is 2. The molecule has 0 saturated carbocycles. The normalized spacial score (nSPS) is 17.1. The predicted octanol–water partition coefficient (Wildman–Crippen LogP) is 1.58. The van der Waals surface area contributed by atoms with Gasteiger partial charge in [-0.25, -0.2) is 0 Å². The lowest BCUT2D eigenvalue weighted by Crippen LogP contribution is -2.28. The van der Waals surface area contributed by atoms with Gasteiger partial charge in [0.15, 0.2) is 0 Å². The molecule has 3 rings (SSSR count). The quantitative estimate of drug-likeness (QED) is 0.660. The first-order valence-electron chi connectivity index (χ1n) is 6.77. The van der Waals surface area contributed by atoms with Crippen molar-refractivity contribution in [2.75, 3.05) is 16.8 Å². The Morgan fingerprint density at radius 3 is 2.96 bits per heavy atom. The van der Waals surface area contributed by atoms with Crippen LogP contribution in [-0.4, -0.2) is 33.5 Å². The van der Waals surface area contributed by atoms with Gasteiger partial charge in [0.05, 0.1) is 16.5 Å². The van der Waals surface area contributed by atoms with Crippen LogP contribution in [0.4, 0.5) is 20.9 Å². The molecular formula is C13H10FN5O4S. The summed E-state index contributed by atoms with van der Waals surface area (Å²) in [7, 11) is 0. The van der Waals surface area contributed by atoms with Gasteiger partial charge >= 0.3 is 5.69 Å². The molecule has 1 atom stereocenters. The third-order valence-electron chi connectivity index (χ3n) is 3.52. The molecule has 2 amide bonds. The maximum absolute atomic E-state index is 13.4. The van der Waals surface area contributed by atoms with Crippen molar-refractivity contribution in [2.24, 2.45) is 5.92 Å². The molecule has 0 spiro atoms. The molecule has 1 aliphatic rings. The highest BCUT2D eigenvalue weighted by molar-refractivity contribution is 7.13. The molecule has 1 fully saturated rings. The van der Waals surface area contributed by atoms with E-state index in [9.17, 15) is 24.1 Å². The number of aromatic nitrogens is 2. The van der Waals surface area contributed by atoms with Crippen LogP contribution < -0.4 is 10.2 Å². The molecular weight excluding hydrogens is 341 g/mol.